The molecule has 1 aromatic heterocycles. The van der Waals surface area contributed by atoms with Crippen molar-refractivity contribution in [3.63, 3.8) is 0 Å². The Morgan fingerprint density at radius 3 is 2.48 bits per heavy atom. The Balaban J connectivity index is 1.73. The molecule has 1 unspecified atom stereocenters. The van der Waals surface area contributed by atoms with E-state index in [9.17, 15) is 18.0 Å². The smallest absolute Gasteiger partial charge is 0.307 e. The van der Waals surface area contributed by atoms with Gasteiger partial charge < -0.3 is 5.32 Å². The minimum absolute atomic E-state index is 0.171. The maximum atomic E-state index is 12.5. The number of hydrogen-bond donors (Lipinski definition) is 1. The van der Waals surface area contributed by atoms with Crippen LogP contribution in [0.4, 0.5) is 19.0 Å². The Labute approximate surface area is 131 Å². The summed E-state index contributed by atoms with van der Waals surface area (Å²) >= 11 is 0. The molecule has 1 aliphatic carbocycles. The van der Waals surface area contributed by atoms with E-state index in [2.05, 4.69) is 10.4 Å². The third-order valence-electron chi connectivity index (χ3n) is 4.08. The van der Waals surface area contributed by atoms with Gasteiger partial charge in [-0.05, 0) is 49.9 Å². The van der Waals surface area contributed by atoms with Crippen LogP contribution in [0.1, 0.15) is 41.7 Å². The number of amides is 1. The maximum absolute atomic E-state index is 12.5. The lowest BCUT2D eigenvalue weighted by Crippen LogP contribution is -2.18. The first-order chi connectivity index (χ1) is 10.9. The van der Waals surface area contributed by atoms with E-state index >= 15 is 0 Å². The van der Waals surface area contributed by atoms with Gasteiger partial charge in [0.05, 0.1) is 17.8 Å². The molecule has 23 heavy (non-hydrogen) atoms. The molecular formula is C16H16F3N3O. The van der Waals surface area contributed by atoms with Crippen LogP contribution in [0.25, 0.3) is 0 Å². The van der Waals surface area contributed by atoms with Gasteiger partial charge in [-0.15, -0.1) is 0 Å². The van der Waals surface area contributed by atoms with Crippen molar-refractivity contribution in [3.05, 3.63) is 47.7 Å². The molecule has 0 bridgehead atoms. The highest BCUT2D eigenvalue weighted by molar-refractivity contribution is 6.03. The van der Waals surface area contributed by atoms with Gasteiger partial charge in [0, 0.05) is 11.6 Å². The molecule has 1 aromatic carbocycles. The van der Waals surface area contributed by atoms with Crippen molar-refractivity contribution in [2.24, 2.45) is 5.92 Å². The number of nitrogens with one attached hydrogen (secondary N) is 1. The predicted octanol–water partition coefficient (Wildman–Crippen LogP) is 4.13. The van der Waals surface area contributed by atoms with Gasteiger partial charge >= 0.3 is 6.18 Å². The van der Waals surface area contributed by atoms with E-state index in [0.29, 0.717) is 11.7 Å². The van der Waals surface area contributed by atoms with Crippen LogP contribution >= 0.6 is 0 Å². The molecule has 4 nitrogen and oxygen atoms in total. The molecule has 0 spiro atoms. The minimum Gasteiger partial charge on any atom is -0.307 e. The van der Waals surface area contributed by atoms with E-state index in [1.807, 2.05) is 6.92 Å². The molecule has 0 aliphatic heterocycles. The summed E-state index contributed by atoms with van der Waals surface area (Å²) in [6.45, 7) is 2.04. The van der Waals surface area contributed by atoms with Gasteiger partial charge in [-0.25, -0.2) is 4.68 Å². The van der Waals surface area contributed by atoms with Crippen molar-refractivity contribution in [1.82, 2.24) is 9.78 Å². The van der Waals surface area contributed by atoms with Gasteiger partial charge in [0.2, 0.25) is 0 Å². The summed E-state index contributed by atoms with van der Waals surface area (Å²) in [6.07, 6.45) is -0.519. The maximum Gasteiger partial charge on any atom is 0.416 e. The van der Waals surface area contributed by atoms with E-state index < -0.39 is 17.6 Å². The lowest BCUT2D eigenvalue weighted by molar-refractivity contribution is -0.137. The zero-order valence-electron chi connectivity index (χ0n) is 12.5. The average molecular weight is 323 g/mol. The summed E-state index contributed by atoms with van der Waals surface area (Å²) in [5.41, 5.74) is -0.605. The van der Waals surface area contributed by atoms with Crippen LogP contribution in [0.2, 0.25) is 0 Å². The largest absolute Gasteiger partial charge is 0.416 e. The molecule has 0 saturated heterocycles. The number of carbonyl (C=O) groups excluding carboxylic acids is 1. The number of anilines is 1. The van der Waals surface area contributed by atoms with Crippen LogP contribution in [0.15, 0.2) is 36.5 Å². The van der Waals surface area contributed by atoms with Gasteiger partial charge in [-0.1, -0.05) is 0 Å². The fourth-order valence-electron chi connectivity index (χ4n) is 2.52. The van der Waals surface area contributed by atoms with Crippen LogP contribution in [-0.2, 0) is 6.18 Å². The first kappa shape index (κ1) is 15.6. The summed E-state index contributed by atoms with van der Waals surface area (Å²) in [5.74, 6) is 0.661. The summed E-state index contributed by atoms with van der Waals surface area (Å²) in [5, 5.41) is 6.93. The highest BCUT2D eigenvalue weighted by atomic mass is 19.4. The predicted molar refractivity (Wildman–Crippen MR) is 79.1 cm³/mol. The molecular weight excluding hydrogens is 307 g/mol. The molecule has 1 aliphatic rings. The highest BCUT2D eigenvalue weighted by Gasteiger charge is 2.31. The van der Waals surface area contributed by atoms with Crippen molar-refractivity contribution in [3.8, 4) is 0 Å². The molecule has 1 amide bonds. The van der Waals surface area contributed by atoms with Crippen LogP contribution in [0.3, 0.4) is 0 Å². The Morgan fingerprint density at radius 1 is 1.26 bits per heavy atom. The van der Waals surface area contributed by atoms with Crippen LogP contribution in [0.5, 0.6) is 0 Å². The number of hydrogen-bond acceptors (Lipinski definition) is 2. The second kappa shape index (κ2) is 5.72. The monoisotopic (exact) mass is 323 g/mol. The minimum atomic E-state index is -4.41. The van der Waals surface area contributed by atoms with Crippen LogP contribution in [0, 0.1) is 5.92 Å². The van der Waals surface area contributed by atoms with Crippen molar-refractivity contribution < 1.29 is 18.0 Å². The van der Waals surface area contributed by atoms with Gasteiger partial charge in [-0.2, -0.15) is 18.3 Å². The zero-order chi connectivity index (χ0) is 16.6. The van der Waals surface area contributed by atoms with Crippen molar-refractivity contribution in [1.29, 1.82) is 0 Å². The lowest BCUT2D eigenvalue weighted by atomic mass is 10.1. The third kappa shape index (κ3) is 3.38. The van der Waals surface area contributed by atoms with Gasteiger partial charge in [-0.3, -0.25) is 4.79 Å². The van der Waals surface area contributed by atoms with E-state index in [1.165, 1.54) is 12.1 Å². The Bertz CT molecular complexity index is 702. The van der Waals surface area contributed by atoms with Crippen LogP contribution < -0.4 is 5.32 Å². The van der Waals surface area contributed by atoms with Gasteiger partial charge in [0.15, 0.2) is 0 Å². The number of carbonyl (C=O) groups is 1. The molecule has 0 radical (unpaired) electrons. The van der Waals surface area contributed by atoms with E-state index in [4.69, 9.17) is 0 Å². The average Bonchev–Trinajstić information content (AvgIpc) is 3.26. The quantitative estimate of drug-likeness (QED) is 0.920. The first-order valence-electron chi connectivity index (χ1n) is 7.38. The SMILES string of the molecule is CC(C1CC1)n1nccc1NC(=O)c1ccc(C(F)(F)F)cc1. The summed E-state index contributed by atoms with van der Waals surface area (Å²) < 4.78 is 39.4. The number of halogens is 3. The molecule has 1 atom stereocenters. The first-order valence-corrected chi connectivity index (χ1v) is 7.38. The molecule has 2 aromatic rings. The number of alkyl halides is 3. The molecule has 3 rings (SSSR count). The summed E-state index contributed by atoms with van der Waals surface area (Å²) in [6, 6.07) is 6.01. The number of rotatable bonds is 4. The Morgan fingerprint density at radius 2 is 1.91 bits per heavy atom. The van der Waals surface area contributed by atoms with Gasteiger partial charge in [0.25, 0.3) is 5.91 Å². The zero-order valence-corrected chi connectivity index (χ0v) is 12.5. The third-order valence-corrected chi connectivity index (χ3v) is 4.08. The number of aromatic nitrogens is 2. The number of benzene rings is 1. The Hall–Kier alpha value is -2.31. The van der Waals surface area contributed by atoms with Crippen molar-refractivity contribution in [2.45, 2.75) is 32.0 Å². The standard InChI is InChI=1S/C16H16F3N3O/c1-10(11-2-3-11)22-14(8-9-20-22)21-15(23)12-4-6-13(7-5-12)16(17,18)19/h4-11H,2-3H2,1H3,(H,21,23). The molecule has 1 saturated carbocycles. The normalized spacial score (nSPS) is 16.2. The molecule has 1 heterocycles. The fraction of sp³-hybridized carbons (Fsp3) is 0.375. The highest BCUT2D eigenvalue weighted by Crippen LogP contribution is 2.40. The van der Waals surface area contributed by atoms with Crippen molar-refractivity contribution >= 4 is 11.7 Å². The summed E-state index contributed by atoms with van der Waals surface area (Å²) in [7, 11) is 0. The topological polar surface area (TPSA) is 46.9 Å². The number of nitrogens with zero attached hydrogens (tertiary/aromatic N) is 2. The molecule has 1 fully saturated rings. The fourth-order valence-corrected chi connectivity index (χ4v) is 2.52. The second-order valence-electron chi connectivity index (χ2n) is 5.77. The molecule has 122 valence electrons. The molecule has 1 N–H and O–H groups in total. The second-order valence-corrected chi connectivity index (χ2v) is 5.77. The van der Waals surface area contributed by atoms with E-state index in [-0.39, 0.29) is 11.6 Å². The van der Waals surface area contributed by atoms with Crippen LogP contribution in [-0.4, -0.2) is 15.7 Å². The molecule has 7 heteroatoms. The Kier molecular flexibility index (Phi) is 3.87. The van der Waals surface area contributed by atoms with E-state index in [1.54, 1.807) is 16.9 Å². The van der Waals surface area contributed by atoms with Gasteiger partial charge in [0.1, 0.15) is 5.82 Å². The lowest BCUT2D eigenvalue weighted by Gasteiger charge is -2.15. The van der Waals surface area contributed by atoms with E-state index in [0.717, 1.165) is 25.0 Å². The summed E-state index contributed by atoms with van der Waals surface area (Å²) in [4.78, 5) is 12.2. The van der Waals surface area contributed by atoms with Crippen molar-refractivity contribution in [2.75, 3.05) is 5.32 Å².